The van der Waals surface area contributed by atoms with Gasteiger partial charge in [0.25, 0.3) is 0 Å². The molecular weight excluding hydrogens is 376 g/mol. The molecule has 1 aromatic rings. The van der Waals surface area contributed by atoms with Crippen LogP contribution in [0.15, 0.2) is 28.7 Å². The molecule has 132 valence electrons. The van der Waals surface area contributed by atoms with E-state index in [4.69, 9.17) is 4.74 Å². The molecule has 0 aliphatic heterocycles. The zero-order valence-electron chi connectivity index (χ0n) is 14.4. The van der Waals surface area contributed by atoms with Crippen LogP contribution in [0.25, 0.3) is 0 Å². The molecule has 7 heteroatoms. The lowest BCUT2D eigenvalue weighted by Crippen LogP contribution is -2.60. The fourth-order valence-corrected chi connectivity index (χ4v) is 2.75. The maximum Gasteiger partial charge on any atom is 0.408 e. The van der Waals surface area contributed by atoms with Gasteiger partial charge in [0.15, 0.2) is 5.54 Å². The van der Waals surface area contributed by atoms with Gasteiger partial charge in [0, 0.05) is 16.6 Å². The lowest BCUT2D eigenvalue weighted by Gasteiger charge is -2.40. The van der Waals surface area contributed by atoms with Gasteiger partial charge in [0.05, 0.1) is 6.54 Å². The highest BCUT2D eigenvalue weighted by Gasteiger charge is 2.59. The van der Waals surface area contributed by atoms with Gasteiger partial charge >= 0.3 is 12.0 Å². The van der Waals surface area contributed by atoms with Crippen molar-refractivity contribution in [1.29, 1.82) is 0 Å². The van der Waals surface area contributed by atoms with E-state index >= 15 is 0 Å². The number of hydrogen-bond donors (Lipinski definition) is 1. The van der Waals surface area contributed by atoms with Crippen molar-refractivity contribution in [2.75, 3.05) is 6.54 Å². The van der Waals surface area contributed by atoms with E-state index in [1.807, 2.05) is 0 Å². The minimum absolute atomic E-state index is 0.0538. The molecule has 1 saturated carbocycles. The number of alkyl carbamates (subject to hydrolysis) is 1. The van der Waals surface area contributed by atoms with Gasteiger partial charge in [-0.2, -0.15) is 0 Å². The Balaban J connectivity index is 2.21. The lowest BCUT2D eigenvalue weighted by atomic mass is 10.1. The van der Waals surface area contributed by atoms with Crippen LogP contribution < -0.4 is 9.96 Å². The number of carbonyl (C=O) groups is 2. The van der Waals surface area contributed by atoms with E-state index < -0.39 is 27.8 Å². The average Bonchev–Trinajstić information content (AvgIpc) is 3.25. The van der Waals surface area contributed by atoms with E-state index in [2.05, 4.69) is 21.2 Å². The molecule has 1 N–H and O–H groups in total. The first-order valence-corrected chi connectivity index (χ1v) is 8.73. The van der Waals surface area contributed by atoms with Gasteiger partial charge in [-0.15, -0.1) is 0 Å². The molecule has 0 saturated heterocycles. The van der Waals surface area contributed by atoms with Crippen molar-refractivity contribution in [2.45, 2.75) is 51.7 Å². The van der Waals surface area contributed by atoms with E-state index in [-0.39, 0.29) is 6.54 Å². The van der Waals surface area contributed by atoms with E-state index in [1.54, 1.807) is 52.0 Å². The summed E-state index contributed by atoms with van der Waals surface area (Å²) in [5.41, 5.74) is -1.45. The van der Waals surface area contributed by atoms with Crippen LogP contribution in [0.5, 0.6) is 0 Å². The van der Waals surface area contributed by atoms with Crippen molar-refractivity contribution >= 4 is 33.6 Å². The van der Waals surface area contributed by atoms with E-state index in [9.17, 15) is 14.8 Å². The number of hydrogen-bond acceptors (Lipinski definition) is 4. The number of quaternary nitrogens is 1. The Labute approximate surface area is 150 Å². The van der Waals surface area contributed by atoms with Crippen molar-refractivity contribution in [2.24, 2.45) is 0 Å². The van der Waals surface area contributed by atoms with Crippen LogP contribution in [0.4, 0.5) is 10.5 Å². The second-order valence-electron chi connectivity index (χ2n) is 7.05. The number of halogens is 1. The molecule has 1 aliphatic carbocycles. The molecule has 0 aromatic heterocycles. The number of rotatable bonds is 4. The Kier molecular flexibility index (Phi) is 5.09. The predicted octanol–water partition coefficient (Wildman–Crippen LogP) is 3.86. The highest BCUT2D eigenvalue weighted by Crippen LogP contribution is 2.41. The van der Waals surface area contributed by atoms with Crippen LogP contribution >= 0.6 is 15.9 Å². The molecule has 6 nitrogen and oxygen atoms in total. The van der Waals surface area contributed by atoms with Crippen molar-refractivity contribution in [3.05, 3.63) is 33.9 Å². The molecule has 2 rings (SSSR count). The molecule has 1 fully saturated rings. The Morgan fingerprint density at radius 2 is 1.83 bits per heavy atom. The molecule has 1 aromatic carbocycles. The largest absolute Gasteiger partial charge is 0.620 e. The Morgan fingerprint density at radius 1 is 1.29 bits per heavy atom. The molecule has 24 heavy (non-hydrogen) atoms. The number of ether oxygens (including phenoxy) is 1. The Hall–Kier alpha value is -1.44. The minimum atomic E-state index is -1.13. The van der Waals surface area contributed by atoms with Crippen LogP contribution in [0.2, 0.25) is 0 Å². The maximum atomic E-state index is 13.2. The number of nitrogens with zero attached hydrogens (tertiary/aromatic N) is 1. The average molecular weight is 399 g/mol. The lowest BCUT2D eigenvalue weighted by molar-refractivity contribution is -0.131. The normalized spacial score (nSPS) is 18.4. The topological polar surface area (TPSA) is 78.5 Å². The first-order chi connectivity index (χ1) is 11.0. The van der Waals surface area contributed by atoms with E-state index in [0.29, 0.717) is 18.5 Å². The second-order valence-corrected chi connectivity index (χ2v) is 7.96. The second kappa shape index (κ2) is 6.46. The summed E-state index contributed by atoms with van der Waals surface area (Å²) in [6.07, 6.45) is 0.222. The summed E-state index contributed by atoms with van der Waals surface area (Å²) in [5.74, 6) is -0.557. The standard InChI is InChI=1S/C17H23BrN2O4/c1-5-20(23,13-8-6-12(18)7-9-13)14(21)17(10-11-17)19-15(22)24-16(2,3)4/h6-9H,5,10-11H2,1-4H3,(H,19,22). The third kappa shape index (κ3) is 3.96. The molecule has 1 atom stereocenters. The molecule has 0 spiro atoms. The van der Waals surface area contributed by atoms with Gasteiger partial charge in [0.2, 0.25) is 0 Å². The number of hydroxylamine groups is 2. The number of amides is 2. The highest BCUT2D eigenvalue weighted by atomic mass is 79.9. The van der Waals surface area contributed by atoms with Gasteiger partial charge < -0.3 is 15.3 Å². The van der Waals surface area contributed by atoms with Crippen LogP contribution in [0, 0.1) is 5.21 Å². The van der Waals surface area contributed by atoms with Crippen molar-refractivity contribution in [3.63, 3.8) is 0 Å². The summed E-state index contributed by atoms with van der Waals surface area (Å²) in [4.78, 5) is 25.0. The van der Waals surface area contributed by atoms with Crippen molar-refractivity contribution in [1.82, 2.24) is 9.96 Å². The maximum absolute atomic E-state index is 13.2. The summed E-state index contributed by atoms with van der Waals surface area (Å²) in [6.45, 7) is 6.95. The van der Waals surface area contributed by atoms with Crippen LogP contribution in [0.3, 0.4) is 0 Å². The van der Waals surface area contributed by atoms with E-state index in [1.165, 1.54) is 0 Å². The van der Waals surface area contributed by atoms with Gasteiger partial charge in [-0.25, -0.2) is 9.59 Å². The zero-order chi connectivity index (χ0) is 18.2. The molecule has 1 unspecified atom stereocenters. The van der Waals surface area contributed by atoms with Crippen LogP contribution in [-0.2, 0) is 9.53 Å². The fraction of sp³-hybridized carbons (Fsp3) is 0.529. The molecule has 0 heterocycles. The Morgan fingerprint density at radius 3 is 2.25 bits per heavy atom. The number of likely N-dealkylation sites (N-methyl/N-ethyl adjacent to an activating group) is 1. The van der Waals surface area contributed by atoms with Crippen molar-refractivity contribution < 1.29 is 14.3 Å². The molecular formula is C17H23BrN2O4. The van der Waals surface area contributed by atoms with E-state index in [0.717, 1.165) is 4.47 Å². The van der Waals surface area contributed by atoms with Crippen LogP contribution in [0.1, 0.15) is 40.5 Å². The third-order valence-corrected chi connectivity index (χ3v) is 4.45. The van der Waals surface area contributed by atoms with Crippen LogP contribution in [-0.4, -0.2) is 29.7 Å². The quantitative estimate of drug-likeness (QED) is 0.616. The Bertz CT molecular complexity index is 635. The summed E-state index contributed by atoms with van der Waals surface area (Å²) in [5, 5.41) is 15.8. The monoisotopic (exact) mass is 398 g/mol. The number of benzene rings is 1. The zero-order valence-corrected chi connectivity index (χ0v) is 16.0. The molecule has 0 radical (unpaired) electrons. The molecule has 2 amide bonds. The fourth-order valence-electron chi connectivity index (χ4n) is 2.49. The molecule has 1 aliphatic rings. The van der Waals surface area contributed by atoms with Gasteiger partial charge in [-0.1, -0.05) is 15.9 Å². The summed E-state index contributed by atoms with van der Waals surface area (Å²) < 4.78 is 4.93. The third-order valence-electron chi connectivity index (χ3n) is 3.92. The number of carbonyl (C=O) groups excluding carboxylic acids is 2. The first kappa shape index (κ1) is 18.9. The van der Waals surface area contributed by atoms with Gasteiger partial charge in [-0.05, 0) is 52.7 Å². The van der Waals surface area contributed by atoms with Gasteiger partial charge in [-0.3, -0.25) is 4.65 Å². The highest BCUT2D eigenvalue weighted by molar-refractivity contribution is 9.10. The predicted molar refractivity (Wildman–Crippen MR) is 96.2 cm³/mol. The van der Waals surface area contributed by atoms with Gasteiger partial charge in [0.1, 0.15) is 11.3 Å². The summed E-state index contributed by atoms with van der Waals surface area (Å²) >= 11 is 3.32. The molecule has 0 bridgehead atoms. The minimum Gasteiger partial charge on any atom is -0.620 e. The SMILES string of the molecule is CC[N+]([O-])(C(=O)C1(NC(=O)OC(C)(C)C)CC1)c1ccc(Br)cc1. The number of nitrogens with one attached hydrogen (secondary N) is 1. The van der Waals surface area contributed by atoms with Crippen molar-refractivity contribution in [3.8, 4) is 0 Å². The summed E-state index contributed by atoms with van der Waals surface area (Å²) in [6, 6.07) is 6.71. The summed E-state index contributed by atoms with van der Waals surface area (Å²) in [7, 11) is 0. The first-order valence-electron chi connectivity index (χ1n) is 7.94. The smallest absolute Gasteiger partial charge is 0.408 e.